The molecule has 22 heavy (non-hydrogen) atoms. The van der Waals surface area contributed by atoms with Crippen molar-refractivity contribution in [3.63, 3.8) is 0 Å². The van der Waals surface area contributed by atoms with E-state index < -0.39 is 5.25 Å². The number of carbonyl (C=O) groups excluding carboxylic acids is 2. The number of unbranched alkanes of at least 4 members (excludes halogenated alkanes) is 1. The molecule has 7 heteroatoms. The van der Waals surface area contributed by atoms with E-state index in [2.05, 4.69) is 38.5 Å². The lowest BCUT2D eigenvalue weighted by atomic mass is 10.2. The van der Waals surface area contributed by atoms with E-state index in [9.17, 15) is 9.59 Å². The van der Waals surface area contributed by atoms with E-state index in [1.807, 2.05) is 24.3 Å². The van der Waals surface area contributed by atoms with Crippen LogP contribution in [0.25, 0.3) is 0 Å². The predicted octanol–water partition coefficient (Wildman–Crippen LogP) is 3.17. The van der Waals surface area contributed by atoms with Crippen LogP contribution in [0.4, 0.5) is 5.69 Å². The minimum absolute atomic E-state index is 0.130. The number of hydrogen-bond donors (Lipinski definition) is 2. The standard InChI is InChI=1S/C15H18BrN3O2S/c1-2-3-8-17-15-19-14(21)12(22-15)9-13(20)18-11-7-5-4-6-10(11)16/h4-7,12H,2-3,8-9H2,1H3,(H,18,20)(H,17,19,21)/t12-/m0/s1. The topological polar surface area (TPSA) is 70.6 Å². The summed E-state index contributed by atoms with van der Waals surface area (Å²) in [5.74, 6) is -0.336. The van der Waals surface area contributed by atoms with Gasteiger partial charge in [-0.15, -0.1) is 0 Å². The molecule has 1 aromatic carbocycles. The Hall–Kier alpha value is -1.34. The van der Waals surface area contributed by atoms with Crippen molar-refractivity contribution in [3.05, 3.63) is 28.7 Å². The lowest BCUT2D eigenvalue weighted by molar-refractivity contribution is -0.122. The summed E-state index contributed by atoms with van der Waals surface area (Å²) in [4.78, 5) is 28.3. The van der Waals surface area contributed by atoms with Gasteiger partial charge in [0, 0.05) is 17.4 Å². The molecule has 0 radical (unpaired) electrons. The number of amides is 2. The lowest BCUT2D eigenvalue weighted by Crippen LogP contribution is -2.28. The van der Waals surface area contributed by atoms with Gasteiger partial charge in [0.25, 0.3) is 0 Å². The molecule has 0 aliphatic carbocycles. The summed E-state index contributed by atoms with van der Waals surface area (Å²) in [6.45, 7) is 2.80. The van der Waals surface area contributed by atoms with E-state index in [1.54, 1.807) is 0 Å². The first-order valence-corrected chi connectivity index (χ1v) is 8.83. The van der Waals surface area contributed by atoms with Gasteiger partial charge in [-0.3, -0.25) is 14.6 Å². The van der Waals surface area contributed by atoms with Crippen LogP contribution in [-0.4, -0.2) is 28.8 Å². The Balaban J connectivity index is 1.88. The van der Waals surface area contributed by atoms with E-state index >= 15 is 0 Å². The molecule has 0 spiro atoms. The number of halogens is 1. The Morgan fingerprint density at radius 2 is 2.23 bits per heavy atom. The number of nitrogens with zero attached hydrogens (tertiary/aromatic N) is 1. The molecule has 1 atom stereocenters. The fraction of sp³-hybridized carbons (Fsp3) is 0.400. The van der Waals surface area contributed by atoms with Gasteiger partial charge in [-0.25, -0.2) is 0 Å². The van der Waals surface area contributed by atoms with E-state index in [4.69, 9.17) is 0 Å². The minimum Gasteiger partial charge on any atom is -0.325 e. The van der Waals surface area contributed by atoms with Gasteiger partial charge in [0.05, 0.1) is 5.69 Å². The van der Waals surface area contributed by atoms with Gasteiger partial charge in [-0.2, -0.15) is 0 Å². The molecule has 0 saturated carbocycles. The first-order valence-electron chi connectivity index (χ1n) is 7.16. The minimum atomic E-state index is -0.414. The van der Waals surface area contributed by atoms with E-state index in [-0.39, 0.29) is 18.2 Å². The van der Waals surface area contributed by atoms with Crippen LogP contribution >= 0.6 is 27.7 Å². The number of amidine groups is 1. The largest absolute Gasteiger partial charge is 0.325 e. The molecule has 1 aromatic rings. The number of anilines is 1. The number of hydrogen-bond acceptors (Lipinski definition) is 4. The Morgan fingerprint density at radius 1 is 1.45 bits per heavy atom. The first-order chi connectivity index (χ1) is 10.6. The second-order valence-electron chi connectivity index (χ2n) is 4.87. The highest BCUT2D eigenvalue weighted by atomic mass is 79.9. The summed E-state index contributed by atoms with van der Waals surface area (Å²) in [5, 5.41) is 5.74. The SMILES string of the molecule is CCCCN=C1NC(=O)[C@H](CC(=O)Nc2ccccc2Br)S1. The third kappa shape index (κ3) is 4.84. The van der Waals surface area contributed by atoms with Crippen molar-refractivity contribution in [1.82, 2.24) is 5.32 Å². The van der Waals surface area contributed by atoms with Crippen molar-refractivity contribution in [2.24, 2.45) is 4.99 Å². The van der Waals surface area contributed by atoms with Gasteiger partial charge >= 0.3 is 0 Å². The number of para-hydroxylation sites is 1. The molecule has 1 fully saturated rings. The van der Waals surface area contributed by atoms with Crippen molar-refractivity contribution >= 4 is 50.4 Å². The maximum absolute atomic E-state index is 12.1. The zero-order valence-corrected chi connectivity index (χ0v) is 14.7. The van der Waals surface area contributed by atoms with Gasteiger partial charge < -0.3 is 10.6 Å². The van der Waals surface area contributed by atoms with Crippen LogP contribution in [0.3, 0.4) is 0 Å². The summed E-state index contributed by atoms with van der Waals surface area (Å²) in [6.07, 6.45) is 2.19. The van der Waals surface area contributed by atoms with Crippen LogP contribution in [0.1, 0.15) is 26.2 Å². The van der Waals surface area contributed by atoms with Crippen LogP contribution in [0.5, 0.6) is 0 Å². The maximum Gasteiger partial charge on any atom is 0.240 e. The molecular weight excluding hydrogens is 366 g/mol. The average Bonchev–Trinajstić information content (AvgIpc) is 2.82. The predicted molar refractivity (Wildman–Crippen MR) is 94.1 cm³/mol. The molecule has 2 N–H and O–H groups in total. The molecule has 1 heterocycles. The van der Waals surface area contributed by atoms with Gasteiger partial charge in [0.2, 0.25) is 11.8 Å². The monoisotopic (exact) mass is 383 g/mol. The number of carbonyl (C=O) groups is 2. The molecule has 1 aliphatic heterocycles. The number of thioether (sulfide) groups is 1. The second kappa shape index (κ2) is 8.33. The molecule has 1 saturated heterocycles. The fourth-order valence-electron chi connectivity index (χ4n) is 1.89. The number of aliphatic imine (C=N–C) groups is 1. The Labute approximate surface area is 142 Å². The van der Waals surface area contributed by atoms with Crippen LogP contribution in [-0.2, 0) is 9.59 Å². The average molecular weight is 384 g/mol. The van der Waals surface area contributed by atoms with Crippen LogP contribution in [0.2, 0.25) is 0 Å². The van der Waals surface area contributed by atoms with Crippen LogP contribution in [0, 0.1) is 0 Å². The van der Waals surface area contributed by atoms with Crippen molar-refractivity contribution in [2.45, 2.75) is 31.4 Å². The molecule has 5 nitrogen and oxygen atoms in total. The number of nitrogens with one attached hydrogen (secondary N) is 2. The zero-order valence-electron chi connectivity index (χ0n) is 12.3. The fourth-order valence-corrected chi connectivity index (χ4v) is 3.27. The Bertz CT molecular complexity index is 592. The molecule has 118 valence electrons. The summed E-state index contributed by atoms with van der Waals surface area (Å²) < 4.78 is 0.814. The lowest BCUT2D eigenvalue weighted by Gasteiger charge is -2.08. The first kappa shape index (κ1) is 17.0. The maximum atomic E-state index is 12.1. The van der Waals surface area contributed by atoms with Crippen LogP contribution < -0.4 is 10.6 Å². The molecular formula is C15H18BrN3O2S. The third-order valence-corrected chi connectivity index (χ3v) is 4.87. The molecule has 1 aliphatic rings. The number of rotatable bonds is 6. The highest BCUT2D eigenvalue weighted by Gasteiger charge is 2.31. The summed E-state index contributed by atoms with van der Waals surface area (Å²) >= 11 is 4.70. The Morgan fingerprint density at radius 3 is 2.95 bits per heavy atom. The van der Waals surface area contributed by atoms with Crippen molar-refractivity contribution in [3.8, 4) is 0 Å². The summed E-state index contributed by atoms with van der Waals surface area (Å²) in [5.41, 5.74) is 0.702. The molecule has 2 amide bonds. The highest BCUT2D eigenvalue weighted by Crippen LogP contribution is 2.25. The van der Waals surface area contributed by atoms with E-state index in [1.165, 1.54) is 11.8 Å². The van der Waals surface area contributed by atoms with Crippen molar-refractivity contribution < 1.29 is 9.59 Å². The normalized spacial score (nSPS) is 19.3. The summed E-state index contributed by atoms with van der Waals surface area (Å²) in [7, 11) is 0. The molecule has 2 rings (SSSR count). The third-order valence-electron chi connectivity index (χ3n) is 3.06. The molecule has 0 bridgehead atoms. The van der Waals surface area contributed by atoms with Crippen molar-refractivity contribution in [2.75, 3.05) is 11.9 Å². The van der Waals surface area contributed by atoms with Crippen molar-refractivity contribution in [1.29, 1.82) is 0 Å². The smallest absolute Gasteiger partial charge is 0.240 e. The van der Waals surface area contributed by atoms with Gasteiger partial charge in [0.15, 0.2) is 5.17 Å². The summed E-state index contributed by atoms with van der Waals surface area (Å²) in [6, 6.07) is 7.38. The van der Waals surface area contributed by atoms with Gasteiger partial charge in [-0.05, 0) is 34.5 Å². The quantitative estimate of drug-likeness (QED) is 0.741. The molecule has 0 aromatic heterocycles. The number of benzene rings is 1. The highest BCUT2D eigenvalue weighted by molar-refractivity contribution is 9.10. The van der Waals surface area contributed by atoms with E-state index in [0.29, 0.717) is 17.4 Å². The second-order valence-corrected chi connectivity index (χ2v) is 6.91. The van der Waals surface area contributed by atoms with E-state index in [0.717, 1.165) is 17.3 Å². The Kier molecular flexibility index (Phi) is 6.45. The molecule has 0 unspecified atom stereocenters. The van der Waals surface area contributed by atoms with Crippen LogP contribution in [0.15, 0.2) is 33.7 Å². The van der Waals surface area contributed by atoms with Gasteiger partial charge in [-0.1, -0.05) is 37.2 Å². The van der Waals surface area contributed by atoms with Gasteiger partial charge in [0.1, 0.15) is 5.25 Å². The zero-order chi connectivity index (χ0) is 15.9.